The smallest absolute Gasteiger partial charge is 0.320 e. The molecule has 0 spiro atoms. The molecule has 156 valence electrons. The van der Waals surface area contributed by atoms with E-state index in [0.717, 1.165) is 18.7 Å². The van der Waals surface area contributed by atoms with Gasteiger partial charge < -0.3 is 19.1 Å². The van der Waals surface area contributed by atoms with Crippen LogP contribution in [-0.4, -0.2) is 83.4 Å². The van der Waals surface area contributed by atoms with Crippen molar-refractivity contribution in [3.05, 3.63) is 35.5 Å². The van der Waals surface area contributed by atoms with Gasteiger partial charge in [-0.1, -0.05) is 5.16 Å². The first-order chi connectivity index (χ1) is 14.0. The fourth-order valence-corrected chi connectivity index (χ4v) is 3.72. The summed E-state index contributed by atoms with van der Waals surface area (Å²) in [6.45, 7) is 9.07. The predicted octanol–water partition coefficient (Wildman–Crippen LogP) is 2.31. The Balaban J connectivity index is 1.36. The van der Waals surface area contributed by atoms with Gasteiger partial charge in [-0.2, -0.15) is 4.98 Å². The van der Waals surface area contributed by atoms with E-state index in [1.165, 1.54) is 6.07 Å². The number of morpholine rings is 1. The lowest BCUT2D eigenvalue weighted by Crippen LogP contribution is -2.55. The lowest BCUT2D eigenvalue weighted by atomic mass is 10.1. The summed E-state index contributed by atoms with van der Waals surface area (Å²) in [7, 11) is 0. The normalized spacial score (nSPS) is 19.4. The Bertz CT molecular complexity index is 860. The zero-order valence-corrected chi connectivity index (χ0v) is 16.8. The number of aryl methyl sites for hydroxylation is 1. The quantitative estimate of drug-likeness (QED) is 0.783. The zero-order chi connectivity index (χ0) is 20.4. The van der Waals surface area contributed by atoms with Crippen LogP contribution in [0.5, 0.6) is 0 Å². The fraction of sp³-hybridized carbons (Fsp3) is 0.550. The molecule has 9 heteroatoms. The maximum atomic E-state index is 13.5. The lowest BCUT2D eigenvalue weighted by molar-refractivity contribution is 0.0339. The van der Waals surface area contributed by atoms with Crippen LogP contribution in [0.15, 0.2) is 22.7 Å². The average molecular weight is 403 g/mol. The highest BCUT2D eigenvalue weighted by atomic mass is 19.1. The number of rotatable bonds is 3. The van der Waals surface area contributed by atoms with Crippen LogP contribution in [0.3, 0.4) is 0 Å². The topological polar surface area (TPSA) is 74.9 Å². The van der Waals surface area contributed by atoms with Crippen LogP contribution in [0, 0.1) is 12.7 Å². The Morgan fingerprint density at radius 3 is 2.48 bits per heavy atom. The first-order valence-electron chi connectivity index (χ1n) is 9.98. The zero-order valence-electron chi connectivity index (χ0n) is 16.8. The van der Waals surface area contributed by atoms with Crippen molar-refractivity contribution < 1.29 is 18.4 Å². The van der Waals surface area contributed by atoms with Gasteiger partial charge in [0.05, 0.1) is 19.3 Å². The largest absolute Gasteiger partial charge is 0.378 e. The second-order valence-electron chi connectivity index (χ2n) is 7.50. The van der Waals surface area contributed by atoms with Crippen LogP contribution in [-0.2, 0) is 4.74 Å². The molecule has 1 unspecified atom stereocenters. The monoisotopic (exact) mass is 403 g/mol. The molecular formula is C20H26FN5O3. The van der Waals surface area contributed by atoms with Gasteiger partial charge in [-0.15, -0.1) is 0 Å². The number of hydrogen-bond donors (Lipinski definition) is 0. The van der Waals surface area contributed by atoms with Crippen LogP contribution in [0.1, 0.15) is 24.4 Å². The van der Waals surface area contributed by atoms with Crippen molar-refractivity contribution in [1.29, 1.82) is 0 Å². The maximum Gasteiger partial charge on any atom is 0.320 e. The Labute approximate surface area is 169 Å². The molecule has 29 heavy (non-hydrogen) atoms. The molecule has 3 heterocycles. The minimum Gasteiger partial charge on any atom is -0.378 e. The summed E-state index contributed by atoms with van der Waals surface area (Å²) >= 11 is 0. The molecule has 0 bridgehead atoms. The third kappa shape index (κ3) is 4.25. The Kier molecular flexibility index (Phi) is 5.77. The number of carbonyl (C=O) groups is 1. The number of benzene rings is 1. The number of halogens is 1. The molecule has 1 atom stereocenters. The number of aromatic nitrogens is 2. The standard InChI is InChI=1S/C20H26FN5O3/c1-14-13-16(3-4-17(14)21)18-22-19(29-23-18)15(2)24-5-7-25(8-6-24)20(27)26-9-11-28-12-10-26/h3-4,13,15H,5-12H2,1-2H3. The molecule has 0 saturated carbocycles. The van der Waals surface area contributed by atoms with E-state index in [1.54, 1.807) is 19.1 Å². The van der Waals surface area contributed by atoms with Crippen LogP contribution in [0.25, 0.3) is 11.4 Å². The summed E-state index contributed by atoms with van der Waals surface area (Å²) in [6, 6.07) is 4.81. The van der Waals surface area contributed by atoms with Crippen molar-refractivity contribution in [2.24, 2.45) is 0 Å². The van der Waals surface area contributed by atoms with Gasteiger partial charge in [-0.3, -0.25) is 4.90 Å². The Morgan fingerprint density at radius 1 is 1.10 bits per heavy atom. The first-order valence-corrected chi connectivity index (χ1v) is 9.98. The van der Waals surface area contributed by atoms with Gasteiger partial charge in [0.2, 0.25) is 11.7 Å². The van der Waals surface area contributed by atoms with E-state index in [1.807, 2.05) is 16.7 Å². The van der Waals surface area contributed by atoms with Gasteiger partial charge in [0.1, 0.15) is 5.82 Å². The summed E-state index contributed by atoms with van der Waals surface area (Å²) in [5.41, 5.74) is 1.27. The molecule has 1 aromatic heterocycles. The number of hydrogen-bond acceptors (Lipinski definition) is 6. The number of carbonyl (C=O) groups excluding carboxylic acids is 1. The number of nitrogens with zero attached hydrogens (tertiary/aromatic N) is 5. The van der Waals surface area contributed by atoms with E-state index < -0.39 is 0 Å². The average Bonchev–Trinajstić information content (AvgIpc) is 3.25. The maximum absolute atomic E-state index is 13.5. The van der Waals surface area contributed by atoms with Crippen molar-refractivity contribution in [3.8, 4) is 11.4 Å². The Morgan fingerprint density at radius 2 is 1.79 bits per heavy atom. The minimum atomic E-state index is -0.254. The molecule has 8 nitrogen and oxygen atoms in total. The highest BCUT2D eigenvalue weighted by molar-refractivity contribution is 5.74. The molecule has 2 amide bonds. The highest BCUT2D eigenvalue weighted by Crippen LogP contribution is 2.24. The van der Waals surface area contributed by atoms with E-state index >= 15 is 0 Å². The molecule has 2 aromatic rings. The molecule has 0 aliphatic carbocycles. The third-order valence-corrected chi connectivity index (χ3v) is 5.63. The van der Waals surface area contributed by atoms with E-state index in [2.05, 4.69) is 15.0 Å². The molecule has 2 fully saturated rings. The van der Waals surface area contributed by atoms with Crippen LogP contribution >= 0.6 is 0 Å². The summed E-state index contributed by atoms with van der Waals surface area (Å²) in [4.78, 5) is 23.1. The molecule has 0 radical (unpaired) electrons. The van der Waals surface area contributed by atoms with Gasteiger partial charge in [0.25, 0.3) is 0 Å². The molecular weight excluding hydrogens is 377 g/mol. The van der Waals surface area contributed by atoms with E-state index in [-0.39, 0.29) is 17.9 Å². The van der Waals surface area contributed by atoms with Crippen molar-refractivity contribution in [2.45, 2.75) is 19.9 Å². The van der Waals surface area contributed by atoms with Crippen LogP contribution in [0.4, 0.5) is 9.18 Å². The third-order valence-electron chi connectivity index (χ3n) is 5.63. The van der Waals surface area contributed by atoms with Crippen molar-refractivity contribution >= 4 is 6.03 Å². The number of amides is 2. The molecule has 4 rings (SSSR count). The van der Waals surface area contributed by atoms with Crippen molar-refractivity contribution in [3.63, 3.8) is 0 Å². The number of urea groups is 1. The van der Waals surface area contributed by atoms with Gasteiger partial charge in [-0.05, 0) is 37.6 Å². The van der Waals surface area contributed by atoms with Crippen LogP contribution in [0.2, 0.25) is 0 Å². The predicted molar refractivity (Wildman–Crippen MR) is 104 cm³/mol. The Hall–Kier alpha value is -2.52. The second kappa shape index (κ2) is 8.46. The van der Waals surface area contributed by atoms with Gasteiger partial charge >= 0.3 is 6.03 Å². The van der Waals surface area contributed by atoms with Gasteiger partial charge in [-0.25, -0.2) is 9.18 Å². The van der Waals surface area contributed by atoms with Gasteiger partial charge in [0.15, 0.2) is 0 Å². The van der Waals surface area contributed by atoms with E-state index in [0.29, 0.717) is 56.7 Å². The molecule has 2 saturated heterocycles. The molecule has 2 aliphatic rings. The van der Waals surface area contributed by atoms with E-state index in [4.69, 9.17) is 9.26 Å². The first kappa shape index (κ1) is 19.8. The second-order valence-corrected chi connectivity index (χ2v) is 7.50. The molecule has 0 N–H and O–H groups in total. The van der Waals surface area contributed by atoms with Crippen molar-refractivity contribution in [2.75, 3.05) is 52.5 Å². The van der Waals surface area contributed by atoms with E-state index in [9.17, 15) is 9.18 Å². The number of ether oxygens (including phenoxy) is 1. The minimum absolute atomic E-state index is 0.0570. The highest BCUT2D eigenvalue weighted by Gasteiger charge is 2.30. The lowest BCUT2D eigenvalue weighted by Gasteiger charge is -2.39. The van der Waals surface area contributed by atoms with Gasteiger partial charge in [0, 0.05) is 44.8 Å². The van der Waals surface area contributed by atoms with Crippen molar-refractivity contribution in [1.82, 2.24) is 24.8 Å². The van der Waals surface area contributed by atoms with Crippen LogP contribution < -0.4 is 0 Å². The molecule has 1 aromatic carbocycles. The summed E-state index contributed by atoms with van der Waals surface area (Å²) < 4.78 is 24.3. The summed E-state index contributed by atoms with van der Waals surface area (Å²) in [5.74, 6) is 0.723. The summed E-state index contributed by atoms with van der Waals surface area (Å²) in [5, 5.41) is 4.06. The number of piperazine rings is 1. The summed E-state index contributed by atoms with van der Waals surface area (Å²) in [6.07, 6.45) is 0. The fourth-order valence-electron chi connectivity index (χ4n) is 3.72. The molecule has 2 aliphatic heterocycles. The SMILES string of the molecule is Cc1cc(-c2noc(C(C)N3CCN(C(=O)N4CCOCC4)CC3)n2)ccc1F.